The number of hydrogen-bond donors (Lipinski definition) is 3. The summed E-state index contributed by atoms with van der Waals surface area (Å²) < 4.78 is 25.4. The summed E-state index contributed by atoms with van der Waals surface area (Å²) in [5.41, 5.74) is 0.425. The van der Waals surface area contributed by atoms with Crippen molar-refractivity contribution in [1.29, 1.82) is 0 Å². The summed E-state index contributed by atoms with van der Waals surface area (Å²) in [6.07, 6.45) is 3.88. The number of nitrogens with one attached hydrogen (secondary N) is 1. The average molecular weight is 515 g/mol. The van der Waals surface area contributed by atoms with Gasteiger partial charge in [0.05, 0.1) is 11.8 Å². The van der Waals surface area contributed by atoms with E-state index in [1.54, 1.807) is 54.6 Å². The zero-order valence-corrected chi connectivity index (χ0v) is 19.7. The molecule has 0 saturated heterocycles. The number of hydrogen-bond acceptors (Lipinski definition) is 9. The molecule has 0 fully saturated rings. The van der Waals surface area contributed by atoms with Crippen LogP contribution in [0.15, 0.2) is 100 Å². The first-order valence-corrected chi connectivity index (χ1v) is 12.3. The summed E-state index contributed by atoms with van der Waals surface area (Å²) in [6, 6.07) is 18.8. The summed E-state index contributed by atoms with van der Waals surface area (Å²) in [5, 5.41) is 32.4. The van der Waals surface area contributed by atoms with E-state index in [0.29, 0.717) is 16.5 Å². The zero-order chi connectivity index (χ0) is 26.0. The lowest BCUT2D eigenvalue weighted by atomic mass is 10.0. The Labute approximate surface area is 210 Å². The van der Waals surface area contributed by atoms with Crippen molar-refractivity contribution in [2.75, 3.05) is 5.32 Å². The number of carbonyl (C=O) groups is 1. The quantitative estimate of drug-likeness (QED) is 0.288. The van der Waals surface area contributed by atoms with Gasteiger partial charge < -0.3 is 10.4 Å². The Morgan fingerprint density at radius 1 is 0.973 bits per heavy atom. The SMILES string of the molecule is NS(=O)(=O)c1cnn(-c2ncccn2)c1N=Nc1c(O)c(C(=O)Nc2ccccc2)cc2ccccc12. The third-order valence-corrected chi connectivity index (χ3v) is 6.18. The van der Waals surface area contributed by atoms with E-state index in [0.717, 1.165) is 10.9 Å². The van der Waals surface area contributed by atoms with Crippen molar-refractivity contribution < 1.29 is 18.3 Å². The molecule has 12 nitrogen and oxygen atoms in total. The minimum atomic E-state index is -4.25. The predicted octanol–water partition coefficient (Wildman–Crippen LogP) is 3.84. The largest absolute Gasteiger partial charge is 0.505 e. The van der Waals surface area contributed by atoms with Gasteiger partial charge in [-0.15, -0.1) is 10.2 Å². The lowest BCUT2D eigenvalue weighted by Crippen LogP contribution is -2.12. The van der Waals surface area contributed by atoms with Crippen molar-refractivity contribution in [3.8, 4) is 11.7 Å². The molecule has 0 radical (unpaired) electrons. The maximum absolute atomic E-state index is 13.0. The Kier molecular flexibility index (Phi) is 6.13. The van der Waals surface area contributed by atoms with Gasteiger partial charge in [0.2, 0.25) is 15.8 Å². The molecule has 184 valence electrons. The summed E-state index contributed by atoms with van der Waals surface area (Å²) in [7, 11) is -4.25. The van der Waals surface area contributed by atoms with Crippen molar-refractivity contribution in [3.05, 3.63) is 90.9 Å². The Morgan fingerprint density at radius 2 is 1.68 bits per heavy atom. The molecule has 5 aromatic rings. The van der Waals surface area contributed by atoms with Gasteiger partial charge in [-0.2, -0.15) is 9.78 Å². The highest BCUT2D eigenvalue weighted by Crippen LogP contribution is 2.40. The van der Waals surface area contributed by atoms with Crippen molar-refractivity contribution in [2.45, 2.75) is 4.90 Å². The molecule has 3 aromatic carbocycles. The number of amides is 1. The normalized spacial score (nSPS) is 11.7. The second kappa shape index (κ2) is 9.56. The Balaban J connectivity index is 1.65. The molecule has 0 atom stereocenters. The molecule has 0 aliphatic rings. The average Bonchev–Trinajstić information content (AvgIpc) is 3.33. The number of rotatable bonds is 6. The molecular weight excluding hydrogens is 496 g/mol. The summed E-state index contributed by atoms with van der Waals surface area (Å²) in [5.74, 6) is -1.28. The molecule has 37 heavy (non-hydrogen) atoms. The molecule has 0 aliphatic carbocycles. The first-order chi connectivity index (χ1) is 17.8. The number of para-hydroxylation sites is 1. The molecular formula is C24H18N8O4S. The molecule has 0 unspecified atom stereocenters. The lowest BCUT2D eigenvalue weighted by molar-refractivity contribution is 0.102. The molecule has 2 aromatic heterocycles. The van der Waals surface area contributed by atoms with Gasteiger partial charge >= 0.3 is 0 Å². The number of aromatic hydroxyl groups is 1. The van der Waals surface area contributed by atoms with Crippen LogP contribution >= 0.6 is 0 Å². The second-order valence-corrected chi connectivity index (χ2v) is 9.23. The molecule has 2 heterocycles. The molecule has 0 saturated carbocycles. The van der Waals surface area contributed by atoms with Crippen molar-refractivity contribution in [3.63, 3.8) is 0 Å². The van der Waals surface area contributed by atoms with Crippen LogP contribution in [-0.4, -0.2) is 39.2 Å². The molecule has 0 aliphatic heterocycles. The van der Waals surface area contributed by atoms with Gasteiger partial charge in [-0.1, -0.05) is 42.5 Å². The highest BCUT2D eigenvalue weighted by Gasteiger charge is 2.23. The van der Waals surface area contributed by atoms with Gasteiger partial charge in [0.1, 0.15) is 10.6 Å². The van der Waals surface area contributed by atoms with E-state index < -0.39 is 26.6 Å². The zero-order valence-electron chi connectivity index (χ0n) is 18.9. The molecule has 1 amide bonds. The fourth-order valence-corrected chi connectivity index (χ4v) is 4.15. The van der Waals surface area contributed by atoms with Crippen LogP contribution in [0.2, 0.25) is 0 Å². The fraction of sp³-hybridized carbons (Fsp3) is 0. The highest BCUT2D eigenvalue weighted by molar-refractivity contribution is 7.89. The summed E-state index contributed by atoms with van der Waals surface area (Å²) in [4.78, 5) is 20.7. The van der Waals surface area contributed by atoms with Gasteiger partial charge in [-0.25, -0.2) is 23.5 Å². The third kappa shape index (κ3) is 4.76. The predicted molar refractivity (Wildman–Crippen MR) is 135 cm³/mol. The number of fused-ring (bicyclic) bond motifs is 1. The third-order valence-electron chi connectivity index (χ3n) is 5.28. The van der Waals surface area contributed by atoms with E-state index in [-0.39, 0.29) is 23.0 Å². The van der Waals surface area contributed by atoms with Gasteiger partial charge in [0, 0.05) is 23.5 Å². The smallest absolute Gasteiger partial charge is 0.259 e. The van der Waals surface area contributed by atoms with E-state index >= 15 is 0 Å². The minimum absolute atomic E-state index is 0.0245. The number of benzene rings is 3. The first-order valence-electron chi connectivity index (χ1n) is 10.7. The number of phenolic OH excluding ortho intramolecular Hbond substituents is 1. The Bertz CT molecular complexity index is 1750. The van der Waals surface area contributed by atoms with E-state index in [9.17, 15) is 18.3 Å². The van der Waals surface area contributed by atoms with E-state index in [2.05, 4.69) is 30.6 Å². The van der Waals surface area contributed by atoms with E-state index in [1.165, 1.54) is 18.5 Å². The van der Waals surface area contributed by atoms with E-state index in [1.807, 2.05) is 6.07 Å². The number of nitrogens with zero attached hydrogens (tertiary/aromatic N) is 6. The van der Waals surface area contributed by atoms with Crippen molar-refractivity contribution in [2.24, 2.45) is 15.4 Å². The van der Waals surface area contributed by atoms with Gasteiger partial charge in [-0.3, -0.25) is 4.79 Å². The van der Waals surface area contributed by atoms with E-state index in [4.69, 9.17) is 5.14 Å². The molecule has 0 spiro atoms. The number of phenols is 1. The van der Waals surface area contributed by atoms with Crippen LogP contribution in [0, 0.1) is 0 Å². The minimum Gasteiger partial charge on any atom is -0.505 e. The Hall–Kier alpha value is -5.01. The van der Waals surface area contributed by atoms with Crippen LogP contribution in [0.5, 0.6) is 5.75 Å². The van der Waals surface area contributed by atoms with Gasteiger partial charge in [-0.05, 0) is 29.7 Å². The van der Waals surface area contributed by atoms with Crippen LogP contribution in [0.3, 0.4) is 0 Å². The number of sulfonamides is 1. The van der Waals surface area contributed by atoms with Crippen molar-refractivity contribution in [1.82, 2.24) is 19.7 Å². The first kappa shape index (κ1) is 23.7. The standard InChI is InChI=1S/C24H18N8O4S/c25-37(35,36)19-14-28-32(24-26-11-6-12-27-24)22(19)31-30-20-17-10-5-4-7-15(17)13-18(21(20)33)23(34)29-16-8-2-1-3-9-16/h1-14,33H,(H,29,34)(H2,25,35,36). The number of anilines is 1. The van der Waals surface area contributed by atoms with Crippen LogP contribution < -0.4 is 10.5 Å². The highest BCUT2D eigenvalue weighted by atomic mass is 32.2. The number of nitrogens with two attached hydrogens (primary N) is 1. The van der Waals surface area contributed by atoms with Crippen molar-refractivity contribution >= 4 is 43.9 Å². The summed E-state index contributed by atoms with van der Waals surface area (Å²) in [6.45, 7) is 0. The number of azo groups is 1. The molecule has 5 rings (SSSR count). The lowest BCUT2D eigenvalue weighted by Gasteiger charge is -2.11. The van der Waals surface area contributed by atoms with Crippen LogP contribution in [0.1, 0.15) is 10.4 Å². The molecule has 13 heteroatoms. The maximum Gasteiger partial charge on any atom is 0.259 e. The Morgan fingerprint density at radius 3 is 2.41 bits per heavy atom. The van der Waals surface area contributed by atoms with Crippen LogP contribution in [0.25, 0.3) is 16.7 Å². The van der Waals surface area contributed by atoms with Crippen LogP contribution in [-0.2, 0) is 10.0 Å². The number of primary sulfonamides is 1. The number of aromatic nitrogens is 4. The maximum atomic E-state index is 13.0. The topological polar surface area (TPSA) is 178 Å². The summed E-state index contributed by atoms with van der Waals surface area (Å²) >= 11 is 0. The molecule has 0 bridgehead atoms. The van der Waals surface area contributed by atoms with Crippen LogP contribution in [0.4, 0.5) is 17.2 Å². The van der Waals surface area contributed by atoms with Gasteiger partial charge in [0.15, 0.2) is 5.75 Å². The fourth-order valence-electron chi connectivity index (χ4n) is 3.58. The van der Waals surface area contributed by atoms with Gasteiger partial charge in [0.25, 0.3) is 11.9 Å². The number of carbonyl (C=O) groups excluding carboxylic acids is 1. The monoisotopic (exact) mass is 514 g/mol. The molecule has 4 N–H and O–H groups in total. The second-order valence-electron chi connectivity index (χ2n) is 7.70.